The lowest BCUT2D eigenvalue weighted by atomic mass is 9.81. The Hall–Kier alpha value is -2.07. The molecule has 0 radical (unpaired) electrons. The number of thiol groups is 1. The number of rotatable bonds is 7. The molecule has 1 saturated carbocycles. The highest BCUT2D eigenvalue weighted by Crippen LogP contribution is 2.36. The van der Waals surface area contributed by atoms with E-state index < -0.39 is 16.6 Å². The molecule has 3 rings (SSSR count). The third-order valence-electron chi connectivity index (χ3n) is 5.52. The van der Waals surface area contributed by atoms with Crippen LogP contribution in [0.25, 0.3) is 11.1 Å². The van der Waals surface area contributed by atoms with Crippen molar-refractivity contribution in [1.82, 2.24) is 0 Å². The Morgan fingerprint density at radius 2 is 1.52 bits per heavy atom. The Balaban J connectivity index is 1.67. The number of carbonyl (C=O) groups is 2. The van der Waals surface area contributed by atoms with Crippen LogP contribution in [0.2, 0.25) is 0 Å². The van der Waals surface area contributed by atoms with Crippen molar-refractivity contribution in [2.75, 3.05) is 0 Å². The molecule has 142 valence electrons. The van der Waals surface area contributed by atoms with E-state index in [1.165, 1.54) is 0 Å². The lowest BCUT2D eigenvalue weighted by molar-refractivity contribution is -0.144. The molecule has 1 atom stereocenters. The Morgan fingerprint density at radius 1 is 0.926 bits per heavy atom. The van der Waals surface area contributed by atoms with Crippen molar-refractivity contribution in [2.24, 2.45) is 5.92 Å². The highest BCUT2D eigenvalue weighted by molar-refractivity contribution is 7.82. The van der Waals surface area contributed by atoms with Crippen LogP contribution in [0.5, 0.6) is 0 Å². The van der Waals surface area contributed by atoms with E-state index in [9.17, 15) is 14.7 Å². The quantitative estimate of drug-likeness (QED) is 0.648. The monoisotopic (exact) mass is 382 g/mol. The molecule has 1 fully saturated rings. The molecule has 2 aromatic rings. The lowest BCUT2D eigenvalue weighted by Crippen LogP contribution is -2.37. The van der Waals surface area contributed by atoms with Crippen molar-refractivity contribution >= 4 is 24.4 Å². The summed E-state index contributed by atoms with van der Waals surface area (Å²) in [5.41, 5.74) is 3.16. The number of hydrogen-bond donors (Lipinski definition) is 2. The first kappa shape index (κ1) is 19.7. The fourth-order valence-corrected chi connectivity index (χ4v) is 4.23. The van der Waals surface area contributed by atoms with Gasteiger partial charge in [0, 0.05) is 6.42 Å². The lowest BCUT2D eigenvalue weighted by Gasteiger charge is -2.31. The smallest absolute Gasteiger partial charge is 0.307 e. The summed E-state index contributed by atoms with van der Waals surface area (Å²) in [5, 5.41) is 9.62. The summed E-state index contributed by atoms with van der Waals surface area (Å²) in [5.74, 6) is -1.63. The van der Waals surface area contributed by atoms with Crippen molar-refractivity contribution in [3.8, 4) is 11.1 Å². The molecule has 3 nitrogen and oxygen atoms in total. The first-order valence-electron chi connectivity index (χ1n) is 9.61. The van der Waals surface area contributed by atoms with Gasteiger partial charge in [0.1, 0.15) is 5.78 Å². The zero-order chi connectivity index (χ0) is 19.3. The average Bonchev–Trinajstić information content (AvgIpc) is 2.69. The molecule has 0 amide bonds. The van der Waals surface area contributed by atoms with Gasteiger partial charge in [-0.25, -0.2) is 0 Å². The van der Waals surface area contributed by atoms with Crippen LogP contribution in [0.15, 0.2) is 54.6 Å². The van der Waals surface area contributed by atoms with Gasteiger partial charge in [-0.3, -0.25) is 9.59 Å². The zero-order valence-corrected chi connectivity index (χ0v) is 16.3. The molecule has 1 aliphatic carbocycles. The Bertz CT molecular complexity index is 777. The van der Waals surface area contributed by atoms with Crippen LogP contribution in [-0.2, 0) is 16.0 Å². The number of benzene rings is 2. The number of Topliss-reactive ketones (excluding diaryl/α,β-unsaturated/α-hetero) is 1. The summed E-state index contributed by atoms with van der Waals surface area (Å²) >= 11 is 4.63. The van der Waals surface area contributed by atoms with Gasteiger partial charge >= 0.3 is 5.97 Å². The molecule has 0 heterocycles. The van der Waals surface area contributed by atoms with E-state index in [2.05, 4.69) is 12.6 Å². The highest BCUT2D eigenvalue weighted by atomic mass is 32.1. The summed E-state index contributed by atoms with van der Waals surface area (Å²) in [4.78, 5) is 24.5. The normalized spacial score (nSPS) is 17.2. The molecule has 2 aromatic carbocycles. The predicted octanol–water partition coefficient (Wildman–Crippen LogP) is 5.19. The summed E-state index contributed by atoms with van der Waals surface area (Å²) < 4.78 is -0.636. The fraction of sp³-hybridized carbons (Fsp3) is 0.391. The van der Waals surface area contributed by atoms with E-state index in [0.717, 1.165) is 48.8 Å². The van der Waals surface area contributed by atoms with Crippen LogP contribution in [-0.4, -0.2) is 21.6 Å². The first-order chi connectivity index (χ1) is 13.0. The Morgan fingerprint density at radius 3 is 2.11 bits per heavy atom. The average molecular weight is 383 g/mol. The second-order valence-corrected chi connectivity index (χ2v) is 8.38. The van der Waals surface area contributed by atoms with Crippen LogP contribution in [0.1, 0.15) is 44.1 Å². The van der Waals surface area contributed by atoms with Gasteiger partial charge in [-0.2, -0.15) is 12.6 Å². The number of ketones is 1. The van der Waals surface area contributed by atoms with Gasteiger partial charge in [0.15, 0.2) is 0 Å². The molecule has 1 aliphatic rings. The first-order valence-corrected chi connectivity index (χ1v) is 10.1. The summed E-state index contributed by atoms with van der Waals surface area (Å²) in [6, 6.07) is 18.0. The molecule has 27 heavy (non-hydrogen) atoms. The van der Waals surface area contributed by atoms with Gasteiger partial charge in [-0.05, 0) is 36.0 Å². The van der Waals surface area contributed by atoms with E-state index in [1.807, 2.05) is 54.6 Å². The number of carboxylic acid groups (broad SMARTS) is 1. The molecular weight excluding hydrogens is 356 g/mol. The van der Waals surface area contributed by atoms with Crippen LogP contribution in [0.4, 0.5) is 0 Å². The molecule has 0 unspecified atom stereocenters. The van der Waals surface area contributed by atoms with Crippen LogP contribution in [0.3, 0.4) is 0 Å². The van der Waals surface area contributed by atoms with Crippen molar-refractivity contribution in [3.63, 3.8) is 0 Å². The molecule has 4 heteroatoms. The molecule has 0 spiro atoms. The van der Waals surface area contributed by atoms with Crippen LogP contribution in [0, 0.1) is 5.92 Å². The fourth-order valence-electron chi connectivity index (χ4n) is 3.82. The highest BCUT2D eigenvalue weighted by Gasteiger charge is 2.37. The minimum atomic E-state index is -0.914. The number of carboxylic acids is 1. The summed E-state index contributed by atoms with van der Waals surface area (Å²) in [6.45, 7) is 0. The summed E-state index contributed by atoms with van der Waals surface area (Å²) in [7, 11) is 0. The largest absolute Gasteiger partial charge is 0.481 e. The van der Waals surface area contributed by atoms with Crippen molar-refractivity contribution < 1.29 is 14.7 Å². The SMILES string of the molecule is O=C(O)[C@H](CC(=O)C1(S)CCCCC1)Cc1ccc(-c2ccccc2)cc1. The predicted molar refractivity (Wildman–Crippen MR) is 111 cm³/mol. The maximum atomic E-state index is 12.7. The van der Waals surface area contributed by atoms with Gasteiger partial charge in [0.25, 0.3) is 0 Å². The Labute approximate surface area is 166 Å². The van der Waals surface area contributed by atoms with Gasteiger partial charge in [0.2, 0.25) is 0 Å². The van der Waals surface area contributed by atoms with E-state index in [0.29, 0.717) is 6.42 Å². The number of hydrogen-bond acceptors (Lipinski definition) is 3. The minimum Gasteiger partial charge on any atom is -0.481 e. The molecule has 0 aliphatic heterocycles. The molecular formula is C23H26O3S. The van der Waals surface area contributed by atoms with Gasteiger partial charge in [-0.1, -0.05) is 73.9 Å². The number of aliphatic carboxylic acids is 1. The van der Waals surface area contributed by atoms with E-state index >= 15 is 0 Å². The third-order valence-corrected chi connectivity index (χ3v) is 6.22. The van der Waals surface area contributed by atoms with Gasteiger partial charge in [0.05, 0.1) is 10.7 Å². The maximum absolute atomic E-state index is 12.7. The van der Waals surface area contributed by atoms with Crippen molar-refractivity contribution in [1.29, 1.82) is 0 Å². The van der Waals surface area contributed by atoms with Crippen molar-refractivity contribution in [2.45, 2.75) is 49.7 Å². The van der Waals surface area contributed by atoms with Gasteiger partial charge in [-0.15, -0.1) is 0 Å². The maximum Gasteiger partial charge on any atom is 0.307 e. The Kier molecular flexibility index (Phi) is 6.38. The standard InChI is InChI=1S/C23H26O3S/c24-21(23(27)13-5-2-6-14-23)16-20(22(25)26)15-17-9-11-19(12-10-17)18-7-3-1-4-8-18/h1,3-4,7-12,20,27H,2,5-6,13-16H2,(H,25,26)/t20-/m0/s1. The van der Waals surface area contributed by atoms with Crippen LogP contribution >= 0.6 is 12.6 Å². The molecule has 0 bridgehead atoms. The molecule has 1 N–H and O–H groups in total. The summed E-state index contributed by atoms with van der Waals surface area (Å²) in [6.07, 6.45) is 5.05. The van der Waals surface area contributed by atoms with Crippen LogP contribution < -0.4 is 0 Å². The van der Waals surface area contributed by atoms with Crippen molar-refractivity contribution in [3.05, 3.63) is 60.2 Å². The van der Waals surface area contributed by atoms with E-state index in [1.54, 1.807) is 0 Å². The van der Waals surface area contributed by atoms with Gasteiger partial charge < -0.3 is 5.11 Å². The zero-order valence-electron chi connectivity index (χ0n) is 15.4. The second kappa shape index (κ2) is 8.75. The minimum absolute atomic E-state index is 0.0150. The van der Waals surface area contributed by atoms with E-state index in [4.69, 9.17) is 0 Å². The second-order valence-electron chi connectivity index (χ2n) is 7.52. The topological polar surface area (TPSA) is 54.4 Å². The molecule has 0 aromatic heterocycles. The molecule has 0 saturated heterocycles. The van der Waals surface area contributed by atoms with E-state index in [-0.39, 0.29) is 12.2 Å². The third kappa shape index (κ3) is 5.01. The number of carbonyl (C=O) groups excluding carboxylic acids is 1.